The largest absolute Gasteiger partial charge is 0.384 e. The van der Waals surface area contributed by atoms with Crippen molar-refractivity contribution in [1.82, 2.24) is 10.6 Å². The first-order valence-electron chi connectivity index (χ1n) is 10.8. The van der Waals surface area contributed by atoms with Crippen LogP contribution in [0, 0.1) is 12.3 Å². The third kappa shape index (κ3) is 5.34. The summed E-state index contributed by atoms with van der Waals surface area (Å²) in [4.78, 5) is 5.81. The Morgan fingerprint density at radius 1 is 1.22 bits per heavy atom. The monoisotopic (exact) mass is 470 g/mol. The second kappa shape index (κ2) is 9.25. The number of benzene rings is 2. The number of nitrogens with zero attached hydrogens (tertiary/aromatic N) is 1. The van der Waals surface area contributed by atoms with Gasteiger partial charge in [0.25, 0.3) is 0 Å². The van der Waals surface area contributed by atoms with Gasteiger partial charge in [-0.25, -0.2) is 4.99 Å². The van der Waals surface area contributed by atoms with E-state index in [-0.39, 0.29) is 11.6 Å². The number of nitrogens with one attached hydrogen (secondary N) is 4. The molecule has 170 valence electrons. The van der Waals surface area contributed by atoms with Gasteiger partial charge in [0.15, 0.2) is 5.96 Å². The van der Waals surface area contributed by atoms with E-state index < -0.39 is 0 Å². The van der Waals surface area contributed by atoms with Crippen molar-refractivity contribution in [1.29, 1.82) is 0 Å². The van der Waals surface area contributed by atoms with Gasteiger partial charge in [0.05, 0.1) is 5.37 Å². The van der Waals surface area contributed by atoms with Crippen molar-refractivity contribution in [2.24, 2.45) is 16.1 Å². The molecule has 2 aromatic carbocycles. The molecular formula is C24H31ClN6S. The van der Waals surface area contributed by atoms with Gasteiger partial charge in [0, 0.05) is 45.6 Å². The van der Waals surface area contributed by atoms with E-state index in [4.69, 9.17) is 17.3 Å². The average Bonchev–Trinajstić information content (AvgIpc) is 3.12. The van der Waals surface area contributed by atoms with Crippen molar-refractivity contribution in [3.8, 4) is 0 Å². The van der Waals surface area contributed by atoms with Crippen LogP contribution in [0.25, 0.3) is 5.70 Å². The number of anilines is 2. The molecule has 2 unspecified atom stereocenters. The zero-order valence-electron chi connectivity index (χ0n) is 18.9. The highest BCUT2D eigenvalue weighted by Crippen LogP contribution is 2.39. The van der Waals surface area contributed by atoms with Crippen LogP contribution >= 0.6 is 23.4 Å². The summed E-state index contributed by atoms with van der Waals surface area (Å²) in [5.41, 5.74) is 11.4. The lowest BCUT2D eigenvalue weighted by atomic mass is 9.93. The number of hydrogen-bond donors (Lipinski definition) is 5. The summed E-state index contributed by atoms with van der Waals surface area (Å²) in [6.07, 6.45) is 1.86. The fourth-order valence-electron chi connectivity index (χ4n) is 3.79. The number of thioether (sulfide) groups is 1. The molecule has 0 aromatic heterocycles. The summed E-state index contributed by atoms with van der Waals surface area (Å²) >= 11 is 8.16. The Bertz CT molecular complexity index is 1060. The SMILES string of the molecule is Cc1c(Cl)cccc1C1=CC(NCC(C)(C)CNc2ccc3c(c2)SC(C)N3)N=C(N)N1. The van der Waals surface area contributed by atoms with E-state index in [9.17, 15) is 0 Å². The second-order valence-electron chi connectivity index (χ2n) is 9.09. The Balaban J connectivity index is 1.37. The van der Waals surface area contributed by atoms with Gasteiger partial charge in [0.1, 0.15) is 6.17 Å². The summed E-state index contributed by atoms with van der Waals surface area (Å²) < 4.78 is 0. The van der Waals surface area contributed by atoms with E-state index in [0.29, 0.717) is 11.3 Å². The predicted octanol–water partition coefficient (Wildman–Crippen LogP) is 4.82. The van der Waals surface area contributed by atoms with Gasteiger partial charge in [-0.15, -0.1) is 0 Å². The fourth-order valence-corrected chi connectivity index (χ4v) is 4.98. The smallest absolute Gasteiger partial charge is 0.195 e. The number of nitrogens with two attached hydrogens (primary N) is 1. The minimum Gasteiger partial charge on any atom is -0.384 e. The Hall–Kier alpha value is -2.35. The van der Waals surface area contributed by atoms with Gasteiger partial charge in [-0.05, 0) is 55.2 Å². The minimum atomic E-state index is -0.201. The van der Waals surface area contributed by atoms with Crippen molar-refractivity contribution in [3.63, 3.8) is 0 Å². The molecule has 2 atom stereocenters. The van der Waals surface area contributed by atoms with Crippen LogP contribution in [0.3, 0.4) is 0 Å². The van der Waals surface area contributed by atoms with Crippen molar-refractivity contribution >= 4 is 46.4 Å². The van der Waals surface area contributed by atoms with Gasteiger partial charge in [-0.2, -0.15) is 0 Å². The lowest BCUT2D eigenvalue weighted by molar-refractivity contribution is 0.351. The number of fused-ring (bicyclic) bond motifs is 1. The normalized spacial score (nSPS) is 20.0. The molecule has 0 aliphatic carbocycles. The first-order chi connectivity index (χ1) is 15.2. The second-order valence-corrected chi connectivity index (χ2v) is 10.9. The minimum absolute atomic E-state index is 0.00678. The van der Waals surface area contributed by atoms with Crippen LogP contribution in [-0.2, 0) is 0 Å². The fraction of sp³-hybridized carbons (Fsp3) is 0.375. The third-order valence-electron chi connectivity index (χ3n) is 5.63. The topological polar surface area (TPSA) is 86.5 Å². The zero-order valence-corrected chi connectivity index (χ0v) is 20.5. The number of hydrogen-bond acceptors (Lipinski definition) is 7. The van der Waals surface area contributed by atoms with Crippen LogP contribution in [0.15, 0.2) is 52.4 Å². The highest BCUT2D eigenvalue weighted by Gasteiger charge is 2.23. The highest BCUT2D eigenvalue weighted by atomic mass is 35.5. The Morgan fingerprint density at radius 2 is 2.03 bits per heavy atom. The number of aliphatic imine (C=N–C) groups is 1. The molecule has 0 saturated carbocycles. The molecule has 0 saturated heterocycles. The Morgan fingerprint density at radius 3 is 2.84 bits per heavy atom. The molecule has 0 spiro atoms. The molecular weight excluding hydrogens is 440 g/mol. The number of halogens is 1. The molecule has 2 heterocycles. The molecule has 32 heavy (non-hydrogen) atoms. The maximum absolute atomic E-state index is 6.31. The van der Waals surface area contributed by atoms with Crippen LogP contribution in [0.4, 0.5) is 11.4 Å². The molecule has 2 aliphatic heterocycles. The standard InChI is InChI=1S/C24H31ClN6S/c1-14-17(6-5-7-18(14)25)20-11-22(31-23(26)30-20)28-13-24(3,4)12-27-16-8-9-19-21(10-16)32-15(2)29-19/h5-11,15,22,27-29H,12-13H2,1-4H3,(H3,26,30,31). The predicted molar refractivity (Wildman–Crippen MR) is 138 cm³/mol. The van der Waals surface area contributed by atoms with Crippen molar-refractivity contribution in [3.05, 3.63) is 58.6 Å². The number of guanidine groups is 1. The van der Waals surface area contributed by atoms with Gasteiger partial charge >= 0.3 is 0 Å². The van der Waals surface area contributed by atoms with Crippen molar-refractivity contribution < 1.29 is 0 Å². The van der Waals surface area contributed by atoms with Gasteiger partial charge in [0.2, 0.25) is 0 Å². The molecule has 2 aromatic rings. The van der Waals surface area contributed by atoms with Crippen LogP contribution < -0.4 is 27.0 Å². The molecule has 4 rings (SSSR count). The van der Waals surface area contributed by atoms with E-state index in [1.165, 1.54) is 10.6 Å². The molecule has 6 N–H and O–H groups in total. The van der Waals surface area contributed by atoms with Gasteiger partial charge < -0.3 is 21.7 Å². The molecule has 0 radical (unpaired) electrons. The van der Waals surface area contributed by atoms with E-state index in [1.807, 2.05) is 36.9 Å². The third-order valence-corrected chi connectivity index (χ3v) is 7.10. The summed E-state index contributed by atoms with van der Waals surface area (Å²) in [5.74, 6) is 0.397. The summed E-state index contributed by atoms with van der Waals surface area (Å²) in [5, 5.41) is 14.9. The lowest BCUT2D eigenvalue weighted by Gasteiger charge is -2.29. The molecule has 2 aliphatic rings. The van der Waals surface area contributed by atoms with E-state index >= 15 is 0 Å². The number of rotatable bonds is 7. The van der Waals surface area contributed by atoms with E-state index in [1.54, 1.807) is 0 Å². The highest BCUT2D eigenvalue weighted by molar-refractivity contribution is 8.00. The summed E-state index contributed by atoms with van der Waals surface area (Å²) in [6.45, 7) is 10.3. The van der Waals surface area contributed by atoms with Crippen molar-refractivity contribution in [2.75, 3.05) is 23.7 Å². The lowest BCUT2D eigenvalue weighted by Crippen LogP contribution is -2.43. The maximum atomic E-state index is 6.31. The molecule has 0 fully saturated rings. The molecule has 6 nitrogen and oxygen atoms in total. The first-order valence-corrected chi connectivity index (χ1v) is 12.1. The van der Waals surface area contributed by atoms with Gasteiger partial charge in [-0.1, -0.05) is 49.3 Å². The van der Waals surface area contributed by atoms with E-state index in [0.717, 1.165) is 40.6 Å². The summed E-state index contributed by atoms with van der Waals surface area (Å²) in [7, 11) is 0. The maximum Gasteiger partial charge on any atom is 0.195 e. The van der Waals surface area contributed by atoms with Crippen molar-refractivity contribution in [2.45, 2.75) is 44.1 Å². The van der Waals surface area contributed by atoms with Crippen LogP contribution in [0.1, 0.15) is 31.9 Å². The van der Waals surface area contributed by atoms with Crippen LogP contribution in [0.2, 0.25) is 5.02 Å². The Labute approximate surface area is 199 Å². The first kappa shape index (κ1) is 22.8. The zero-order chi connectivity index (χ0) is 22.9. The quantitative estimate of drug-likeness (QED) is 0.398. The van der Waals surface area contributed by atoms with Crippen LogP contribution in [0.5, 0.6) is 0 Å². The van der Waals surface area contributed by atoms with E-state index in [2.05, 4.69) is 71.3 Å². The Kier molecular flexibility index (Phi) is 6.60. The average molecular weight is 471 g/mol. The van der Waals surface area contributed by atoms with Gasteiger partial charge in [-0.3, -0.25) is 5.32 Å². The molecule has 0 bridgehead atoms. The molecule has 0 amide bonds. The van der Waals surface area contributed by atoms with Crippen LogP contribution in [-0.4, -0.2) is 30.6 Å². The molecule has 8 heteroatoms. The summed E-state index contributed by atoms with van der Waals surface area (Å²) in [6, 6.07) is 12.4.